The van der Waals surface area contributed by atoms with Gasteiger partial charge in [-0.3, -0.25) is 105 Å². The van der Waals surface area contributed by atoms with E-state index in [9.17, 15) is 77.3 Å². The molecular formula is C73H105N37O16. The molecule has 0 amide bonds. The molecule has 0 aromatic carbocycles. The van der Waals surface area contributed by atoms with Crippen LogP contribution in [0.3, 0.4) is 0 Å². The number of pyridine rings is 1. The van der Waals surface area contributed by atoms with Crippen molar-refractivity contribution < 1.29 is 19.8 Å². The minimum absolute atomic E-state index is 0. The number of aromatic amines is 6. The molecule has 30 N–H and O–H groups in total. The van der Waals surface area contributed by atoms with Crippen molar-refractivity contribution in [3.8, 4) is 0 Å². The highest BCUT2D eigenvalue weighted by Crippen LogP contribution is 2.18. The highest BCUT2D eigenvalue weighted by molar-refractivity contribution is 5.88. The van der Waals surface area contributed by atoms with Gasteiger partial charge in [-0.15, -0.1) is 0 Å². The molecule has 0 bridgehead atoms. The van der Waals surface area contributed by atoms with E-state index >= 15 is 0 Å². The number of nitrogens with one attached hydrogen (secondary N) is 8. The Morgan fingerprint density at radius 1 is 0.373 bits per heavy atom. The molecule has 12 rings (SSSR count). The third-order valence-corrected chi connectivity index (χ3v) is 19.9. The van der Waals surface area contributed by atoms with E-state index in [-0.39, 0.29) is 161 Å². The van der Waals surface area contributed by atoms with E-state index in [1.807, 2.05) is 4.90 Å². The summed E-state index contributed by atoms with van der Waals surface area (Å²) < 4.78 is 7.83. The van der Waals surface area contributed by atoms with Gasteiger partial charge in [0.1, 0.15) is 80.3 Å². The zero-order valence-electron chi connectivity index (χ0n) is 68.6. The molecule has 53 nitrogen and oxygen atoms in total. The number of H-pyrrole nitrogens is 6. The van der Waals surface area contributed by atoms with E-state index in [0.717, 1.165) is 38.5 Å². The second-order valence-corrected chi connectivity index (χ2v) is 28.5. The fraction of sp³-hybridized carbons (Fsp3) is 0.466. The Morgan fingerprint density at radius 2 is 0.706 bits per heavy atom. The zero-order chi connectivity index (χ0) is 91.0. The fourth-order valence-electron chi connectivity index (χ4n) is 13.7. The number of carboxylic acids is 2. The number of nitrogen functional groups attached to an aromatic ring is 6. The Morgan fingerprint density at radius 3 is 1.14 bits per heavy atom. The first kappa shape index (κ1) is 97.1. The molecule has 2 atom stereocenters. The minimum Gasteiger partial charge on any atom is -0.480 e. The first-order valence-corrected chi connectivity index (χ1v) is 39.5. The lowest BCUT2D eigenvalue weighted by Crippen LogP contribution is -2.40. The number of aromatic nitrogens is 23. The fourth-order valence-corrected chi connectivity index (χ4v) is 13.7. The normalized spacial score (nSPS) is 11.8. The van der Waals surface area contributed by atoms with E-state index in [4.69, 9.17) is 57.3 Å². The molecule has 126 heavy (non-hydrogen) atoms. The van der Waals surface area contributed by atoms with Crippen molar-refractivity contribution >= 4 is 113 Å². The largest absolute Gasteiger partial charge is 0.480 e. The van der Waals surface area contributed by atoms with Crippen LogP contribution in [-0.2, 0) is 48.9 Å². The number of carbonyl (C=O) groups is 2. The van der Waals surface area contributed by atoms with Gasteiger partial charge in [0.15, 0.2) is 33.9 Å². The first-order chi connectivity index (χ1) is 59.7. The summed E-state index contributed by atoms with van der Waals surface area (Å²) in [6.45, 7) is 11.1. The predicted octanol–water partition coefficient (Wildman–Crippen LogP) is -7.01. The van der Waals surface area contributed by atoms with E-state index in [2.05, 4.69) is 100 Å². The maximum atomic E-state index is 12.7. The minimum atomic E-state index is -0.969. The summed E-state index contributed by atoms with van der Waals surface area (Å²) in [6, 6.07) is 0.00439. The number of aryl methyl sites for hydroxylation is 3. The molecule has 0 unspecified atom stereocenters. The van der Waals surface area contributed by atoms with Gasteiger partial charge in [-0.25, -0.2) is 68.6 Å². The third-order valence-electron chi connectivity index (χ3n) is 19.9. The summed E-state index contributed by atoms with van der Waals surface area (Å²) in [7, 11) is 0. The molecule has 0 spiro atoms. The van der Waals surface area contributed by atoms with E-state index in [1.165, 1.54) is 52.3 Å². The molecule has 0 fully saturated rings. The molecule has 0 aliphatic heterocycles. The summed E-state index contributed by atoms with van der Waals surface area (Å²) >= 11 is 0. The quantitative estimate of drug-likeness (QED) is 0.0160. The zero-order valence-corrected chi connectivity index (χ0v) is 68.6. The molecular weight excluding hydrogens is 1650 g/mol. The number of aliphatic carboxylic acids is 2. The summed E-state index contributed by atoms with van der Waals surface area (Å²) in [6.07, 6.45) is 10.8. The van der Waals surface area contributed by atoms with Gasteiger partial charge in [-0.2, -0.15) is 15.0 Å². The second-order valence-electron chi connectivity index (χ2n) is 28.5. The van der Waals surface area contributed by atoms with Gasteiger partial charge in [0.2, 0.25) is 11.9 Å². The van der Waals surface area contributed by atoms with Crippen LogP contribution in [0.2, 0.25) is 0 Å². The van der Waals surface area contributed by atoms with Gasteiger partial charge >= 0.3 is 46.1 Å². The van der Waals surface area contributed by atoms with Crippen LogP contribution in [-0.4, -0.2) is 235 Å². The predicted molar refractivity (Wildman–Crippen MR) is 470 cm³/mol. The lowest BCUT2D eigenvalue weighted by atomic mass is 10.1. The van der Waals surface area contributed by atoms with Crippen molar-refractivity contribution in [1.82, 2.24) is 133 Å². The molecule has 0 aliphatic carbocycles. The van der Waals surface area contributed by atoms with Gasteiger partial charge in [0.05, 0.1) is 11.4 Å². The van der Waals surface area contributed by atoms with Crippen molar-refractivity contribution in [3.05, 3.63) is 167 Å². The molecule has 53 heteroatoms. The number of rotatable bonds is 38. The Balaban J connectivity index is 0.000000211. The Hall–Kier alpha value is -14.4. The lowest BCUT2D eigenvalue weighted by Gasteiger charge is -2.23. The first-order valence-electron chi connectivity index (χ1n) is 39.5. The van der Waals surface area contributed by atoms with Crippen LogP contribution >= 0.6 is 0 Å². The summed E-state index contributed by atoms with van der Waals surface area (Å²) in [5, 5.41) is 24.9. The number of carboxylic acid groups (broad SMARTS) is 2. The van der Waals surface area contributed by atoms with E-state index in [0.29, 0.717) is 108 Å². The van der Waals surface area contributed by atoms with Gasteiger partial charge in [0, 0.05) is 90.4 Å². The van der Waals surface area contributed by atoms with Crippen molar-refractivity contribution in [2.24, 2.45) is 22.9 Å². The van der Waals surface area contributed by atoms with Crippen LogP contribution < -0.4 is 135 Å². The lowest BCUT2D eigenvalue weighted by molar-refractivity contribution is -0.140. The number of nitrogens with zero attached hydrogens (tertiary/aromatic N) is 19. The SMILES string of the molecule is C.Cc1nc(N)c2c(=O)[nH]c(=O)n(CCN[C@@H](CCCCN)C(=O)O)c2n1.Cc1nc(N)nc2c1c(=O)[nH]c(=O)n2CCN(CCCCN)CCn1c(=O)[nH]c(=O)c2c(N)nc(N)nc21.Cc1ncnc2c1c(=O)[nH]c(=O)n2CCN(CCCCN)CCn1c(=O)[nH]c(=O)c2c(N)ncnc21.NCCCC[C@H](NCCn1c(=O)[nH]c(=O)c2c(N)ccnc21)C(=O)O. The molecule has 0 radical (unpaired) electrons. The average Bonchev–Trinajstić information content (AvgIpc) is 0.841. The highest BCUT2D eigenvalue weighted by Gasteiger charge is 2.24. The van der Waals surface area contributed by atoms with Crippen molar-refractivity contribution in [2.45, 2.75) is 144 Å². The Kier molecular flexibility index (Phi) is 34.8. The Bertz CT molecular complexity index is 6450. The molecule has 12 heterocycles. The van der Waals surface area contributed by atoms with Gasteiger partial charge < -0.3 is 78.2 Å². The molecule has 0 aliphatic rings. The van der Waals surface area contributed by atoms with Crippen molar-refractivity contribution in [1.29, 1.82) is 0 Å². The third kappa shape index (κ3) is 24.1. The van der Waals surface area contributed by atoms with Crippen molar-refractivity contribution in [2.75, 3.05) is 113 Å². The summed E-state index contributed by atoms with van der Waals surface area (Å²) in [5.74, 6) is -2.00. The standard InChI is InChI=1S/C21H29N13O4.C21H27N11O4.C15H23N7O4.C15H22N6O4.CH4/c1-10-11-14(28-18(24)26-10)33(20(37)30-16(11)35)8-6-32(5-3-2-4-22)7-9-34-15-12(17(36)31-21(34)38)13(23)27-19(25)29-15;1-12-13-16(26-10-24-12)31(20(35)28-18(13)33)8-6-30(5-3-2-4-22)7-9-32-17-14(15(23)25-11-27-17)19(34)29-21(32)36;1-8-19-11(17)10-12(20-8)22(15(26)21-13(10)23)7-6-18-9(14(24)25)4-2-3-5-16;16-5-2-1-3-10(14(23)24)18-7-8-21-12-11(9(17)4-6-19-12)13(22)20-15(21)25;/h2-9,22H2,1H3,(H2,24,26,28)(H,30,35,37)(H,31,36,38)(H4,23,25,27,29);10-11H,2-9,22H2,1H3,(H2,23,25,27)(H,28,33,35)(H,29,34,36);9,18H,2-7,16H2,1H3,(H,24,25)(H2,17,19,20)(H,21,23,26);4,6,10,18H,1-3,5,7-8,16H2,(H2,17,19)(H,23,24)(H,20,22,25);1H4/t;;9-;10-;/m..00./s1. The Labute approximate surface area is 709 Å². The van der Waals surface area contributed by atoms with Crippen LogP contribution in [0.1, 0.15) is 88.8 Å². The number of fused-ring (bicyclic) bond motifs is 6. The molecule has 12 aromatic rings. The van der Waals surface area contributed by atoms with Crippen LogP contribution in [0, 0.1) is 20.8 Å². The van der Waals surface area contributed by atoms with Gasteiger partial charge in [-0.1, -0.05) is 20.3 Å². The smallest absolute Gasteiger partial charge is 0.330 e. The molecule has 12 aromatic heterocycles. The maximum absolute atomic E-state index is 12.7. The van der Waals surface area contributed by atoms with E-state index < -0.39 is 91.5 Å². The van der Waals surface area contributed by atoms with Gasteiger partial charge in [-0.05, 0) is 117 Å². The molecule has 0 saturated heterocycles. The number of hydrogen-bond donors (Lipinski definition) is 20. The van der Waals surface area contributed by atoms with Crippen LogP contribution in [0.25, 0.3) is 66.2 Å². The van der Waals surface area contributed by atoms with Crippen molar-refractivity contribution in [3.63, 3.8) is 0 Å². The number of nitrogens with two attached hydrogens (primary N) is 10. The average molecular weight is 1760 g/mol. The number of anilines is 6. The highest BCUT2D eigenvalue weighted by atomic mass is 16.4. The monoisotopic (exact) mass is 1760 g/mol. The topological polar surface area (TPSA) is 836 Å². The van der Waals surface area contributed by atoms with E-state index in [1.54, 1.807) is 20.8 Å². The van der Waals surface area contributed by atoms with Crippen LogP contribution in [0.15, 0.2) is 82.5 Å². The summed E-state index contributed by atoms with van der Waals surface area (Å²) in [5.41, 5.74) is 51.3. The number of hydrogen-bond acceptors (Lipinski definition) is 39. The van der Waals surface area contributed by atoms with Crippen LogP contribution in [0.4, 0.5) is 35.0 Å². The maximum Gasteiger partial charge on any atom is 0.330 e. The molecule has 678 valence electrons. The molecule has 0 saturated carbocycles. The van der Waals surface area contributed by atoms with Crippen LogP contribution in [0.5, 0.6) is 0 Å². The second kappa shape index (κ2) is 45.1. The van der Waals surface area contributed by atoms with Gasteiger partial charge in [0.25, 0.3) is 33.4 Å². The summed E-state index contributed by atoms with van der Waals surface area (Å²) in [4.78, 5) is 232. The number of unbranched alkanes of at least 4 members (excludes halogenated alkanes) is 4.